The van der Waals surface area contributed by atoms with Crippen molar-refractivity contribution in [2.75, 3.05) is 0 Å². The molecule has 4 saturated carbocycles. The van der Waals surface area contributed by atoms with Gasteiger partial charge < -0.3 is 9.84 Å². The lowest BCUT2D eigenvalue weighted by atomic mass is 9.33. The lowest BCUT2D eigenvalue weighted by Crippen LogP contribution is -2.65. The first-order valence-electron chi connectivity index (χ1n) is 17.1. The van der Waals surface area contributed by atoms with Gasteiger partial charge in [0.25, 0.3) is 0 Å². The molecule has 1 N–H and O–H groups in total. The SMILES string of the molecule is CC1(C)CC[C@]2(C(=O)O)CC[C@]3(C)C(=CC[C@@H]4[C@@]5(C)CC[C@H](OC(=O)/C=C/c6ccc(Cl)cc6)C(C)(C)[C@@H]5CC[C@]43C)[C@@H]2C1. The average Bonchev–Trinajstić information content (AvgIpc) is 2.94. The van der Waals surface area contributed by atoms with E-state index < -0.39 is 11.4 Å². The van der Waals surface area contributed by atoms with Crippen LogP contribution in [0.15, 0.2) is 42.0 Å². The maximum atomic E-state index is 13.0. The number of hydrogen-bond acceptors (Lipinski definition) is 3. The largest absolute Gasteiger partial charge is 0.481 e. The number of ether oxygens (including phenoxy) is 1. The summed E-state index contributed by atoms with van der Waals surface area (Å²) in [5.41, 5.74) is 2.11. The van der Waals surface area contributed by atoms with Crippen LogP contribution in [0.5, 0.6) is 0 Å². The Labute approximate surface area is 270 Å². The van der Waals surface area contributed by atoms with Gasteiger partial charge in [0, 0.05) is 16.5 Å². The monoisotopic (exact) mass is 620 g/mol. The molecule has 0 heterocycles. The molecule has 4 fully saturated rings. The Morgan fingerprint density at radius 1 is 0.886 bits per heavy atom. The van der Waals surface area contributed by atoms with Crippen LogP contribution >= 0.6 is 11.6 Å². The molecular formula is C39H53ClO4. The van der Waals surface area contributed by atoms with Crippen LogP contribution in [0.25, 0.3) is 6.08 Å². The van der Waals surface area contributed by atoms with Crippen LogP contribution in [-0.2, 0) is 14.3 Å². The summed E-state index contributed by atoms with van der Waals surface area (Å²) < 4.78 is 6.21. The van der Waals surface area contributed by atoms with Gasteiger partial charge in [0.1, 0.15) is 6.10 Å². The number of rotatable bonds is 4. The van der Waals surface area contributed by atoms with Crippen LogP contribution < -0.4 is 0 Å². The molecule has 0 aromatic heterocycles. The molecule has 5 heteroatoms. The highest BCUT2D eigenvalue weighted by Crippen LogP contribution is 2.75. The number of hydrogen-bond donors (Lipinski definition) is 1. The molecule has 6 rings (SSSR count). The fourth-order valence-corrected chi connectivity index (χ4v) is 11.9. The Balaban J connectivity index is 1.26. The molecule has 1 aromatic carbocycles. The molecule has 0 unspecified atom stereocenters. The molecule has 4 nitrogen and oxygen atoms in total. The zero-order valence-corrected chi connectivity index (χ0v) is 28.7. The van der Waals surface area contributed by atoms with Crippen LogP contribution in [0.4, 0.5) is 0 Å². The number of carboxylic acid groups (broad SMARTS) is 1. The molecule has 44 heavy (non-hydrogen) atoms. The molecule has 5 aliphatic rings. The molecule has 0 saturated heterocycles. The van der Waals surface area contributed by atoms with Gasteiger partial charge in [-0.15, -0.1) is 0 Å². The molecule has 5 aliphatic carbocycles. The van der Waals surface area contributed by atoms with E-state index in [1.807, 2.05) is 24.3 Å². The second kappa shape index (κ2) is 10.5. The number of aliphatic carboxylic acids is 1. The second-order valence-corrected chi connectivity index (χ2v) is 17.8. The number of halogens is 1. The number of fused-ring (bicyclic) bond motifs is 7. The zero-order valence-electron chi connectivity index (χ0n) is 28.0. The summed E-state index contributed by atoms with van der Waals surface area (Å²) in [6.07, 6.45) is 15.5. The zero-order chi connectivity index (χ0) is 31.9. The Kier molecular flexibility index (Phi) is 7.59. The number of carboxylic acids is 1. The summed E-state index contributed by atoms with van der Waals surface area (Å²) in [4.78, 5) is 25.9. The number of benzene rings is 1. The maximum Gasteiger partial charge on any atom is 0.331 e. The summed E-state index contributed by atoms with van der Waals surface area (Å²) in [5.74, 6) is 0.269. The normalized spacial score (nSPS) is 42.2. The van der Waals surface area contributed by atoms with Gasteiger partial charge in [-0.05, 0) is 127 Å². The molecule has 0 spiro atoms. The highest BCUT2D eigenvalue weighted by Gasteiger charge is 2.69. The van der Waals surface area contributed by atoms with E-state index in [1.165, 1.54) is 5.57 Å². The van der Waals surface area contributed by atoms with E-state index in [4.69, 9.17) is 16.3 Å². The summed E-state index contributed by atoms with van der Waals surface area (Å²) in [6.45, 7) is 16.9. The van der Waals surface area contributed by atoms with E-state index in [-0.39, 0.29) is 45.1 Å². The predicted molar refractivity (Wildman–Crippen MR) is 177 cm³/mol. The number of carbonyl (C=O) groups is 2. The van der Waals surface area contributed by atoms with Crippen molar-refractivity contribution in [3.8, 4) is 0 Å². The van der Waals surface area contributed by atoms with E-state index in [0.29, 0.717) is 16.9 Å². The van der Waals surface area contributed by atoms with E-state index in [2.05, 4.69) is 54.5 Å². The standard InChI is InChI=1S/C39H53ClO4/c1-34(2)20-22-39(33(42)43)23-21-37(6)27(28(39)24-34)13-14-30-36(5)18-17-31(35(3,4)29(36)16-19-38(30,37)7)44-32(41)15-10-25-8-11-26(40)12-9-25/h8-13,15,28-31H,14,16-24H2,1-7H3,(H,42,43)/b15-10+/t28-,29-,30+,31-,36-,37+,38+,39-/m0/s1. The number of allylic oxidation sites excluding steroid dienone is 2. The van der Waals surface area contributed by atoms with Gasteiger partial charge >= 0.3 is 11.9 Å². The van der Waals surface area contributed by atoms with Crippen molar-refractivity contribution in [3.05, 3.63) is 52.6 Å². The van der Waals surface area contributed by atoms with Crippen molar-refractivity contribution in [1.29, 1.82) is 0 Å². The van der Waals surface area contributed by atoms with E-state index in [1.54, 1.807) is 12.2 Å². The molecule has 0 radical (unpaired) electrons. The molecule has 0 bridgehead atoms. The Morgan fingerprint density at radius 3 is 2.25 bits per heavy atom. The van der Waals surface area contributed by atoms with Crippen molar-refractivity contribution < 1.29 is 19.4 Å². The van der Waals surface area contributed by atoms with Crippen LogP contribution in [0.1, 0.15) is 118 Å². The van der Waals surface area contributed by atoms with Crippen molar-refractivity contribution in [1.82, 2.24) is 0 Å². The van der Waals surface area contributed by atoms with Gasteiger partial charge in [0.15, 0.2) is 0 Å². The number of esters is 1. The fraction of sp³-hybridized carbons (Fsp3) is 0.692. The van der Waals surface area contributed by atoms with Crippen LogP contribution in [-0.4, -0.2) is 23.1 Å². The summed E-state index contributed by atoms with van der Waals surface area (Å²) in [7, 11) is 0. The Bertz CT molecular complexity index is 1390. The third-order valence-corrected chi connectivity index (χ3v) is 14.8. The minimum atomic E-state index is -0.600. The minimum Gasteiger partial charge on any atom is -0.481 e. The lowest BCUT2D eigenvalue weighted by molar-refractivity contribution is -0.212. The highest BCUT2D eigenvalue weighted by molar-refractivity contribution is 6.30. The van der Waals surface area contributed by atoms with Gasteiger partial charge in [0.2, 0.25) is 0 Å². The smallest absolute Gasteiger partial charge is 0.331 e. The molecule has 8 atom stereocenters. The fourth-order valence-electron chi connectivity index (χ4n) is 11.7. The summed E-state index contributed by atoms with van der Waals surface area (Å²) >= 11 is 6.01. The minimum absolute atomic E-state index is 0.0147. The predicted octanol–water partition coefficient (Wildman–Crippen LogP) is 10.2. The van der Waals surface area contributed by atoms with Crippen molar-refractivity contribution >= 4 is 29.6 Å². The quantitative estimate of drug-likeness (QED) is 0.207. The summed E-state index contributed by atoms with van der Waals surface area (Å²) in [6, 6.07) is 7.44. The van der Waals surface area contributed by atoms with E-state index >= 15 is 0 Å². The van der Waals surface area contributed by atoms with Gasteiger partial charge in [-0.3, -0.25) is 4.79 Å². The van der Waals surface area contributed by atoms with Crippen LogP contribution in [0.2, 0.25) is 5.02 Å². The molecule has 240 valence electrons. The molecule has 0 amide bonds. The molecule has 0 aliphatic heterocycles. The first-order valence-corrected chi connectivity index (χ1v) is 17.4. The third-order valence-electron chi connectivity index (χ3n) is 14.5. The second-order valence-electron chi connectivity index (χ2n) is 17.3. The van der Waals surface area contributed by atoms with Crippen LogP contribution in [0, 0.1) is 50.2 Å². The van der Waals surface area contributed by atoms with Crippen LogP contribution in [0.3, 0.4) is 0 Å². The first-order chi connectivity index (χ1) is 20.5. The Morgan fingerprint density at radius 2 is 1.57 bits per heavy atom. The highest BCUT2D eigenvalue weighted by atomic mass is 35.5. The van der Waals surface area contributed by atoms with E-state index in [9.17, 15) is 14.7 Å². The van der Waals surface area contributed by atoms with Crippen molar-refractivity contribution in [2.24, 2.45) is 50.2 Å². The molecular weight excluding hydrogens is 568 g/mol. The maximum absolute atomic E-state index is 13.0. The van der Waals surface area contributed by atoms with Gasteiger partial charge in [-0.2, -0.15) is 0 Å². The van der Waals surface area contributed by atoms with Gasteiger partial charge in [0.05, 0.1) is 5.41 Å². The average molecular weight is 621 g/mol. The molecule has 1 aromatic rings. The van der Waals surface area contributed by atoms with Gasteiger partial charge in [-0.1, -0.05) is 83.8 Å². The summed E-state index contributed by atoms with van der Waals surface area (Å²) in [5, 5.41) is 11.3. The van der Waals surface area contributed by atoms with Gasteiger partial charge in [-0.25, -0.2) is 4.79 Å². The Hall–Kier alpha value is -2.07. The van der Waals surface area contributed by atoms with E-state index in [0.717, 1.165) is 69.8 Å². The van der Waals surface area contributed by atoms with Crippen molar-refractivity contribution in [2.45, 2.75) is 119 Å². The third kappa shape index (κ3) is 4.66. The van der Waals surface area contributed by atoms with Crippen molar-refractivity contribution in [3.63, 3.8) is 0 Å². The topological polar surface area (TPSA) is 63.6 Å². The lowest BCUT2D eigenvalue weighted by Gasteiger charge is -2.71. The first kappa shape index (κ1) is 31.9. The number of carbonyl (C=O) groups excluding carboxylic acids is 1.